The van der Waals surface area contributed by atoms with Crippen molar-refractivity contribution in [2.45, 2.75) is 0 Å². The lowest BCUT2D eigenvalue weighted by molar-refractivity contribution is 0.102. The fourth-order valence-electron chi connectivity index (χ4n) is 1.71. The molecule has 2 aromatic carbocycles. The molecule has 2 aromatic rings. The van der Waals surface area contributed by atoms with Crippen molar-refractivity contribution in [1.82, 2.24) is 0 Å². The minimum atomic E-state index is -0.425. The monoisotopic (exact) mass is 476 g/mol. The van der Waals surface area contributed by atoms with Crippen LogP contribution in [0.1, 0.15) is 15.9 Å². The number of hydrogen-bond acceptors (Lipinski definition) is 3. The Hall–Kier alpha value is -1.19. The zero-order valence-corrected chi connectivity index (χ0v) is 15.1. The molecule has 0 fully saturated rings. The van der Waals surface area contributed by atoms with E-state index < -0.39 is 5.91 Å². The number of anilines is 1. The molecule has 0 bridgehead atoms. The summed E-state index contributed by atoms with van der Waals surface area (Å²) in [6.45, 7) is 0. The summed E-state index contributed by atoms with van der Waals surface area (Å²) in [7, 11) is 0. The van der Waals surface area contributed by atoms with Gasteiger partial charge in [0.05, 0.1) is 11.3 Å². The van der Waals surface area contributed by atoms with Crippen molar-refractivity contribution in [3.63, 3.8) is 0 Å². The number of rotatable bonds is 3. The highest BCUT2D eigenvalue weighted by atomic mass is 127. The number of halogens is 2. The second-order valence-electron chi connectivity index (χ2n) is 4.17. The third-order valence-electron chi connectivity index (χ3n) is 2.70. The van der Waals surface area contributed by atoms with E-state index in [1.807, 2.05) is 0 Å². The second kappa shape index (κ2) is 6.71. The van der Waals surface area contributed by atoms with Crippen molar-refractivity contribution >= 4 is 67.3 Å². The van der Waals surface area contributed by atoms with Gasteiger partial charge in [0.1, 0.15) is 10.7 Å². The molecule has 4 N–H and O–H groups in total. The third-order valence-corrected chi connectivity index (χ3v) is 4.08. The molecule has 0 saturated heterocycles. The minimum absolute atomic E-state index is 0.0816. The number of phenols is 1. The number of carbonyl (C=O) groups is 1. The van der Waals surface area contributed by atoms with Crippen LogP contribution in [0.25, 0.3) is 0 Å². The molecule has 0 unspecified atom stereocenters. The van der Waals surface area contributed by atoms with E-state index in [2.05, 4.69) is 43.8 Å². The van der Waals surface area contributed by atoms with Gasteiger partial charge >= 0.3 is 0 Å². The van der Waals surface area contributed by atoms with Gasteiger partial charge in [-0.3, -0.25) is 4.79 Å². The molecule has 1 amide bonds. The van der Waals surface area contributed by atoms with Gasteiger partial charge in [0.25, 0.3) is 5.91 Å². The summed E-state index contributed by atoms with van der Waals surface area (Å²) >= 11 is 10.4. The summed E-state index contributed by atoms with van der Waals surface area (Å²) < 4.78 is 1.65. The molecule has 21 heavy (non-hydrogen) atoms. The van der Waals surface area contributed by atoms with Crippen LogP contribution in [0.2, 0.25) is 0 Å². The predicted molar refractivity (Wildman–Crippen MR) is 98.8 cm³/mol. The molecule has 2 rings (SSSR count). The average Bonchev–Trinajstić information content (AvgIpc) is 2.43. The number of benzene rings is 2. The number of amides is 1. The highest BCUT2D eigenvalue weighted by molar-refractivity contribution is 14.1. The molecule has 0 radical (unpaired) electrons. The lowest BCUT2D eigenvalue weighted by Gasteiger charge is -2.11. The van der Waals surface area contributed by atoms with Gasteiger partial charge in [-0.05, 0) is 59.0 Å². The minimum Gasteiger partial charge on any atom is -0.507 e. The topological polar surface area (TPSA) is 75.3 Å². The van der Waals surface area contributed by atoms with Crippen LogP contribution in [0.15, 0.2) is 40.9 Å². The Kier molecular flexibility index (Phi) is 5.17. The van der Waals surface area contributed by atoms with E-state index in [0.717, 1.165) is 8.04 Å². The Balaban J connectivity index is 2.36. The molecule has 0 aliphatic carbocycles. The SMILES string of the molecule is NC(=S)c1cc(Br)ccc1NC(=O)c1cc(I)ccc1O. The van der Waals surface area contributed by atoms with E-state index in [9.17, 15) is 9.90 Å². The summed E-state index contributed by atoms with van der Waals surface area (Å²) in [5.74, 6) is -0.507. The van der Waals surface area contributed by atoms with Crippen LogP contribution in [0.4, 0.5) is 5.69 Å². The fourth-order valence-corrected chi connectivity index (χ4v) is 2.73. The van der Waals surface area contributed by atoms with E-state index >= 15 is 0 Å². The number of thiocarbonyl (C=S) groups is 1. The summed E-state index contributed by atoms with van der Waals surface area (Å²) in [6.07, 6.45) is 0. The van der Waals surface area contributed by atoms with Gasteiger partial charge in [-0.2, -0.15) is 0 Å². The molecule has 108 valence electrons. The first-order valence-electron chi connectivity index (χ1n) is 5.77. The summed E-state index contributed by atoms with van der Waals surface area (Å²) in [5.41, 5.74) is 6.90. The summed E-state index contributed by atoms with van der Waals surface area (Å²) in [6, 6.07) is 9.99. The highest BCUT2D eigenvalue weighted by Gasteiger charge is 2.14. The van der Waals surface area contributed by atoms with Gasteiger partial charge in [-0.1, -0.05) is 28.1 Å². The molecule has 0 spiro atoms. The molecule has 0 heterocycles. The van der Waals surface area contributed by atoms with Crippen molar-refractivity contribution in [3.8, 4) is 5.75 Å². The molecule has 0 aromatic heterocycles. The second-order valence-corrected chi connectivity index (χ2v) is 6.77. The lowest BCUT2D eigenvalue weighted by Crippen LogP contribution is -2.17. The van der Waals surface area contributed by atoms with Gasteiger partial charge in [-0.15, -0.1) is 0 Å². The average molecular weight is 477 g/mol. The molecule has 0 aliphatic heterocycles. The van der Waals surface area contributed by atoms with Gasteiger partial charge in [-0.25, -0.2) is 0 Å². The predicted octanol–water partition coefficient (Wildman–Crippen LogP) is 3.65. The molecule has 0 saturated carbocycles. The zero-order valence-electron chi connectivity index (χ0n) is 10.6. The zero-order chi connectivity index (χ0) is 15.6. The van der Waals surface area contributed by atoms with Crippen molar-refractivity contribution in [2.75, 3.05) is 5.32 Å². The molecule has 0 aliphatic rings. The van der Waals surface area contributed by atoms with E-state index in [1.165, 1.54) is 6.07 Å². The highest BCUT2D eigenvalue weighted by Crippen LogP contribution is 2.24. The Morgan fingerprint density at radius 1 is 1.24 bits per heavy atom. The maximum Gasteiger partial charge on any atom is 0.259 e. The smallest absolute Gasteiger partial charge is 0.259 e. The van der Waals surface area contributed by atoms with Gasteiger partial charge in [0.15, 0.2) is 0 Å². The van der Waals surface area contributed by atoms with Crippen molar-refractivity contribution in [2.24, 2.45) is 5.73 Å². The Labute approximate surface area is 149 Å². The number of nitrogens with one attached hydrogen (secondary N) is 1. The van der Waals surface area contributed by atoms with Crippen LogP contribution in [0, 0.1) is 3.57 Å². The van der Waals surface area contributed by atoms with Crippen LogP contribution in [-0.4, -0.2) is 16.0 Å². The lowest BCUT2D eigenvalue weighted by atomic mass is 10.1. The standard InChI is InChI=1S/C14H10BrIN2O2S/c15-7-1-3-11(9(5-7)13(17)21)18-14(20)10-6-8(16)2-4-12(10)19/h1-6,19H,(H2,17,21)(H,18,20). The molecular formula is C14H10BrIN2O2S. The number of phenolic OH excluding ortho intramolecular Hbond substituents is 1. The van der Waals surface area contributed by atoms with Crippen LogP contribution in [0.3, 0.4) is 0 Å². The molecule has 0 atom stereocenters. The summed E-state index contributed by atoms with van der Waals surface area (Å²) in [5, 5.41) is 12.5. The van der Waals surface area contributed by atoms with E-state index in [-0.39, 0.29) is 16.3 Å². The van der Waals surface area contributed by atoms with Crippen molar-refractivity contribution < 1.29 is 9.90 Å². The van der Waals surface area contributed by atoms with E-state index in [1.54, 1.807) is 30.3 Å². The number of hydrogen-bond donors (Lipinski definition) is 3. The Morgan fingerprint density at radius 3 is 2.62 bits per heavy atom. The number of aromatic hydroxyl groups is 1. The summed E-state index contributed by atoms with van der Waals surface area (Å²) in [4.78, 5) is 12.5. The first-order valence-corrected chi connectivity index (χ1v) is 8.05. The van der Waals surface area contributed by atoms with Gasteiger partial charge in [0.2, 0.25) is 0 Å². The van der Waals surface area contributed by atoms with Crippen molar-refractivity contribution in [1.29, 1.82) is 0 Å². The van der Waals surface area contributed by atoms with Gasteiger partial charge in [0, 0.05) is 13.6 Å². The number of nitrogens with two attached hydrogens (primary N) is 1. The number of carbonyl (C=O) groups excluding carboxylic acids is 1. The van der Waals surface area contributed by atoms with Crippen LogP contribution in [-0.2, 0) is 0 Å². The van der Waals surface area contributed by atoms with E-state index in [0.29, 0.717) is 11.3 Å². The van der Waals surface area contributed by atoms with Crippen LogP contribution in [0.5, 0.6) is 5.75 Å². The van der Waals surface area contributed by atoms with Crippen LogP contribution >= 0.6 is 50.7 Å². The third kappa shape index (κ3) is 3.92. The first kappa shape index (κ1) is 16.2. The maximum absolute atomic E-state index is 12.3. The van der Waals surface area contributed by atoms with Gasteiger partial charge < -0.3 is 16.2 Å². The quantitative estimate of drug-likeness (QED) is 0.467. The largest absolute Gasteiger partial charge is 0.507 e. The normalized spacial score (nSPS) is 10.2. The molecular weight excluding hydrogens is 467 g/mol. The van der Waals surface area contributed by atoms with E-state index in [4.69, 9.17) is 18.0 Å². The fraction of sp³-hybridized carbons (Fsp3) is 0. The van der Waals surface area contributed by atoms with Crippen molar-refractivity contribution in [3.05, 3.63) is 55.6 Å². The maximum atomic E-state index is 12.3. The van der Waals surface area contributed by atoms with Crippen LogP contribution < -0.4 is 11.1 Å². The first-order chi connectivity index (χ1) is 9.88. The Morgan fingerprint density at radius 2 is 1.95 bits per heavy atom. The Bertz CT molecular complexity index is 737. The molecule has 4 nitrogen and oxygen atoms in total. The molecule has 7 heteroatoms.